The Morgan fingerprint density at radius 3 is 2.46 bits per heavy atom. The standard InChI is InChI=1S/C23H25F3N6O3/c1-3-32-21(34)15-5-4-14(12-17(15)29-22(32)35)13-30-8-10-31(11-9-30)18-7-6-16(20(33)27-2)28-19(18)23(24,25)26/h4-7,12H,3,8-11,13H2,1-2H3,(H,27,33)(H,29,35). The molecule has 35 heavy (non-hydrogen) atoms. The van der Waals surface area contributed by atoms with Gasteiger partial charge in [-0.3, -0.25) is 19.1 Å². The first kappa shape index (κ1) is 24.5. The molecule has 12 heteroatoms. The van der Waals surface area contributed by atoms with Crippen molar-refractivity contribution in [1.29, 1.82) is 0 Å². The molecule has 3 heterocycles. The minimum Gasteiger partial charge on any atom is -0.367 e. The van der Waals surface area contributed by atoms with Gasteiger partial charge < -0.3 is 15.2 Å². The summed E-state index contributed by atoms with van der Waals surface area (Å²) in [6, 6.07) is 7.84. The van der Waals surface area contributed by atoms with E-state index in [9.17, 15) is 27.6 Å². The number of carbonyl (C=O) groups excluding carboxylic acids is 1. The van der Waals surface area contributed by atoms with Crippen LogP contribution in [0.15, 0.2) is 39.9 Å². The van der Waals surface area contributed by atoms with Gasteiger partial charge >= 0.3 is 11.9 Å². The predicted octanol–water partition coefficient (Wildman–Crippen LogP) is 1.81. The van der Waals surface area contributed by atoms with E-state index < -0.39 is 23.5 Å². The first-order chi connectivity index (χ1) is 16.6. The van der Waals surface area contributed by atoms with Crippen LogP contribution in [0.25, 0.3) is 10.9 Å². The van der Waals surface area contributed by atoms with Crippen LogP contribution in [0.3, 0.4) is 0 Å². The number of pyridine rings is 1. The largest absolute Gasteiger partial charge is 0.435 e. The molecule has 2 aromatic heterocycles. The number of halogens is 3. The Hall–Kier alpha value is -3.67. The highest BCUT2D eigenvalue weighted by atomic mass is 19.4. The molecular formula is C23H25F3N6O3. The van der Waals surface area contributed by atoms with Crippen LogP contribution < -0.4 is 21.5 Å². The van der Waals surface area contributed by atoms with Crippen LogP contribution >= 0.6 is 0 Å². The predicted molar refractivity (Wildman–Crippen MR) is 125 cm³/mol. The van der Waals surface area contributed by atoms with Crippen molar-refractivity contribution in [3.63, 3.8) is 0 Å². The maximum atomic E-state index is 13.7. The number of nitrogens with zero attached hydrogens (tertiary/aromatic N) is 4. The Bertz CT molecular complexity index is 1370. The Balaban J connectivity index is 1.49. The SMILES string of the molecule is CCn1c(=O)[nH]c2cc(CN3CCN(c4ccc(C(=O)NC)nc4C(F)(F)F)CC3)ccc2c1=O. The minimum atomic E-state index is -4.70. The zero-order valence-corrected chi connectivity index (χ0v) is 19.3. The summed E-state index contributed by atoms with van der Waals surface area (Å²) >= 11 is 0. The van der Waals surface area contributed by atoms with E-state index in [2.05, 4.69) is 20.2 Å². The Labute approximate surface area is 198 Å². The second-order valence-corrected chi connectivity index (χ2v) is 8.26. The number of aromatic nitrogens is 3. The monoisotopic (exact) mass is 490 g/mol. The number of fused-ring (bicyclic) bond motifs is 1. The lowest BCUT2D eigenvalue weighted by Crippen LogP contribution is -2.46. The molecule has 2 N–H and O–H groups in total. The average molecular weight is 490 g/mol. The Morgan fingerprint density at radius 2 is 1.83 bits per heavy atom. The molecule has 186 valence electrons. The van der Waals surface area contributed by atoms with Crippen molar-refractivity contribution < 1.29 is 18.0 Å². The van der Waals surface area contributed by atoms with Crippen LogP contribution in [0, 0.1) is 0 Å². The number of nitrogens with one attached hydrogen (secondary N) is 2. The maximum Gasteiger partial charge on any atom is 0.435 e. The molecule has 0 aliphatic carbocycles. The summed E-state index contributed by atoms with van der Waals surface area (Å²) in [6.07, 6.45) is -4.70. The number of aromatic amines is 1. The van der Waals surface area contributed by atoms with Crippen molar-refractivity contribution in [2.24, 2.45) is 0 Å². The van der Waals surface area contributed by atoms with Crippen molar-refractivity contribution in [1.82, 2.24) is 24.8 Å². The molecule has 0 bridgehead atoms. The molecule has 1 fully saturated rings. The Morgan fingerprint density at radius 1 is 1.11 bits per heavy atom. The van der Waals surface area contributed by atoms with Gasteiger partial charge in [-0.2, -0.15) is 13.2 Å². The van der Waals surface area contributed by atoms with E-state index >= 15 is 0 Å². The molecule has 0 saturated carbocycles. The zero-order chi connectivity index (χ0) is 25.3. The van der Waals surface area contributed by atoms with Crippen molar-refractivity contribution in [2.75, 3.05) is 38.1 Å². The molecule has 4 rings (SSSR count). The summed E-state index contributed by atoms with van der Waals surface area (Å²) in [7, 11) is 1.33. The summed E-state index contributed by atoms with van der Waals surface area (Å²) in [5.41, 5.74) is -0.901. The van der Waals surface area contributed by atoms with Gasteiger partial charge in [-0.25, -0.2) is 9.78 Å². The maximum absolute atomic E-state index is 13.7. The molecule has 0 radical (unpaired) electrons. The van der Waals surface area contributed by atoms with Crippen molar-refractivity contribution in [2.45, 2.75) is 26.2 Å². The zero-order valence-electron chi connectivity index (χ0n) is 19.3. The van der Waals surface area contributed by atoms with Crippen LogP contribution in [0.5, 0.6) is 0 Å². The van der Waals surface area contributed by atoms with Crippen LogP contribution in [-0.2, 0) is 19.3 Å². The van der Waals surface area contributed by atoms with E-state index in [-0.39, 0.29) is 23.5 Å². The van der Waals surface area contributed by atoms with Crippen LogP contribution in [0.2, 0.25) is 0 Å². The number of anilines is 1. The van der Waals surface area contributed by atoms with Crippen molar-refractivity contribution in [3.05, 3.63) is 68.1 Å². The van der Waals surface area contributed by atoms with Crippen molar-refractivity contribution >= 4 is 22.5 Å². The van der Waals surface area contributed by atoms with E-state index in [1.165, 1.54) is 19.2 Å². The molecule has 0 unspecified atom stereocenters. The number of rotatable bonds is 5. The fourth-order valence-corrected chi connectivity index (χ4v) is 4.26. The fourth-order valence-electron chi connectivity index (χ4n) is 4.26. The number of hydrogen-bond donors (Lipinski definition) is 2. The highest BCUT2D eigenvalue weighted by Gasteiger charge is 2.38. The summed E-state index contributed by atoms with van der Waals surface area (Å²) in [6.45, 7) is 4.20. The molecule has 3 aromatic rings. The highest BCUT2D eigenvalue weighted by molar-refractivity contribution is 5.92. The molecular weight excluding hydrogens is 465 g/mol. The molecule has 1 saturated heterocycles. The molecule has 1 amide bonds. The number of carbonyl (C=O) groups is 1. The average Bonchev–Trinajstić information content (AvgIpc) is 2.83. The van der Waals surface area contributed by atoms with E-state index in [1.54, 1.807) is 24.0 Å². The third-order valence-corrected chi connectivity index (χ3v) is 6.08. The summed E-state index contributed by atoms with van der Waals surface area (Å²) < 4.78 is 42.1. The second-order valence-electron chi connectivity index (χ2n) is 8.26. The van der Waals surface area contributed by atoms with Gasteiger partial charge in [0.2, 0.25) is 0 Å². The number of amides is 1. The topological polar surface area (TPSA) is 103 Å². The fraction of sp³-hybridized carbons (Fsp3) is 0.391. The molecule has 1 aromatic carbocycles. The van der Waals surface area contributed by atoms with Gasteiger partial charge in [0.1, 0.15) is 5.69 Å². The lowest BCUT2D eigenvalue weighted by Gasteiger charge is -2.37. The van der Waals surface area contributed by atoms with Crippen LogP contribution in [0.1, 0.15) is 28.7 Å². The van der Waals surface area contributed by atoms with E-state index in [0.717, 1.165) is 10.1 Å². The normalized spacial score (nSPS) is 14.9. The molecule has 0 spiro atoms. The molecule has 9 nitrogen and oxygen atoms in total. The van der Waals surface area contributed by atoms with Gasteiger partial charge in [0.15, 0.2) is 5.69 Å². The highest BCUT2D eigenvalue weighted by Crippen LogP contribution is 2.35. The van der Waals surface area contributed by atoms with Gasteiger partial charge in [0.25, 0.3) is 11.5 Å². The quantitative estimate of drug-likeness (QED) is 0.566. The number of benzene rings is 1. The number of hydrogen-bond acceptors (Lipinski definition) is 6. The van der Waals surface area contributed by atoms with Crippen LogP contribution in [0.4, 0.5) is 18.9 Å². The smallest absolute Gasteiger partial charge is 0.367 e. The summed E-state index contributed by atoms with van der Waals surface area (Å²) in [5, 5.41) is 2.71. The van der Waals surface area contributed by atoms with Gasteiger partial charge in [-0.05, 0) is 36.8 Å². The molecule has 0 atom stereocenters. The summed E-state index contributed by atoms with van der Waals surface area (Å²) in [4.78, 5) is 46.3. The molecule has 1 aliphatic rings. The first-order valence-corrected chi connectivity index (χ1v) is 11.2. The number of H-pyrrole nitrogens is 1. The minimum absolute atomic E-state index is 0.0553. The van der Waals surface area contributed by atoms with E-state index in [0.29, 0.717) is 43.6 Å². The second kappa shape index (κ2) is 9.53. The van der Waals surface area contributed by atoms with Gasteiger partial charge in [0.05, 0.1) is 16.6 Å². The van der Waals surface area contributed by atoms with E-state index in [4.69, 9.17) is 0 Å². The molecule has 1 aliphatic heterocycles. The van der Waals surface area contributed by atoms with Crippen LogP contribution in [-0.4, -0.2) is 58.6 Å². The van der Waals surface area contributed by atoms with Gasteiger partial charge in [0, 0.05) is 46.3 Å². The summed E-state index contributed by atoms with van der Waals surface area (Å²) in [5.74, 6) is -0.683. The first-order valence-electron chi connectivity index (χ1n) is 11.2. The van der Waals surface area contributed by atoms with Gasteiger partial charge in [-0.1, -0.05) is 6.07 Å². The third kappa shape index (κ3) is 4.92. The Kier molecular flexibility index (Phi) is 6.66. The van der Waals surface area contributed by atoms with Crippen molar-refractivity contribution in [3.8, 4) is 0 Å². The van der Waals surface area contributed by atoms with Gasteiger partial charge in [-0.15, -0.1) is 0 Å². The van der Waals surface area contributed by atoms with E-state index in [1.807, 2.05) is 6.07 Å². The third-order valence-electron chi connectivity index (χ3n) is 6.08. The number of piperazine rings is 1. The number of alkyl halides is 3. The lowest BCUT2D eigenvalue weighted by molar-refractivity contribution is -0.140. The lowest BCUT2D eigenvalue weighted by atomic mass is 10.1.